The Balaban J connectivity index is 1.58. The second kappa shape index (κ2) is 11.1. The molecule has 0 saturated heterocycles. The van der Waals surface area contributed by atoms with Gasteiger partial charge in [0.25, 0.3) is 5.91 Å². The molecule has 1 amide bonds. The predicted molar refractivity (Wildman–Crippen MR) is 149 cm³/mol. The smallest absolute Gasteiger partial charge is 0.256 e. The van der Waals surface area contributed by atoms with Crippen molar-refractivity contribution in [1.29, 1.82) is 0 Å². The molecule has 190 valence electrons. The van der Waals surface area contributed by atoms with Crippen LogP contribution >= 0.6 is 11.3 Å². The number of rotatable bonds is 9. The van der Waals surface area contributed by atoms with Crippen LogP contribution in [0, 0.1) is 0 Å². The van der Waals surface area contributed by atoms with Crippen molar-refractivity contribution in [3.05, 3.63) is 102 Å². The molecule has 37 heavy (non-hydrogen) atoms. The van der Waals surface area contributed by atoms with Gasteiger partial charge in [-0.2, -0.15) is 0 Å². The second-order valence-electron chi connectivity index (χ2n) is 8.77. The number of hydrogen-bond donors (Lipinski definition) is 0. The molecule has 0 bridgehead atoms. The molecule has 3 aromatic carbocycles. The fourth-order valence-corrected chi connectivity index (χ4v) is 6.00. The number of nitrogens with zero attached hydrogens (tertiary/aromatic N) is 2. The van der Waals surface area contributed by atoms with Gasteiger partial charge < -0.3 is 4.74 Å². The number of carbonyl (C=O) groups excluding carboxylic acids is 1. The fourth-order valence-electron chi connectivity index (χ4n) is 3.79. The van der Waals surface area contributed by atoms with E-state index in [9.17, 15) is 13.2 Å². The first-order valence-corrected chi connectivity index (χ1v) is 14.2. The number of benzene rings is 3. The Kier molecular flexibility index (Phi) is 7.90. The van der Waals surface area contributed by atoms with Crippen LogP contribution in [0.25, 0.3) is 11.3 Å². The largest absolute Gasteiger partial charge is 0.497 e. The number of sulfone groups is 1. The lowest BCUT2D eigenvalue weighted by Crippen LogP contribution is -2.23. The quantitative estimate of drug-likeness (QED) is 0.222. The van der Waals surface area contributed by atoms with Crippen LogP contribution in [0.1, 0.15) is 30.9 Å². The first kappa shape index (κ1) is 26.3. The summed E-state index contributed by atoms with van der Waals surface area (Å²) in [6.07, 6.45) is 1.21. The topological polar surface area (TPSA) is 76.6 Å². The monoisotopic (exact) mass is 532 g/mol. The number of ether oxygens (including phenoxy) is 1. The minimum atomic E-state index is -3.56. The molecule has 4 rings (SSSR count). The molecule has 1 aromatic heterocycles. The van der Waals surface area contributed by atoms with E-state index in [1.165, 1.54) is 34.4 Å². The molecule has 6 nitrogen and oxygen atoms in total. The van der Waals surface area contributed by atoms with Crippen LogP contribution < -0.4 is 9.64 Å². The van der Waals surface area contributed by atoms with Gasteiger partial charge in [0.1, 0.15) is 5.75 Å². The van der Waals surface area contributed by atoms with Crippen LogP contribution in [0.5, 0.6) is 5.75 Å². The van der Waals surface area contributed by atoms with Crippen molar-refractivity contribution in [2.24, 2.45) is 0 Å². The number of hydrogen-bond acceptors (Lipinski definition) is 6. The van der Waals surface area contributed by atoms with E-state index in [1.54, 1.807) is 19.2 Å². The van der Waals surface area contributed by atoms with Crippen molar-refractivity contribution in [3.8, 4) is 17.0 Å². The first-order chi connectivity index (χ1) is 17.7. The van der Waals surface area contributed by atoms with E-state index in [1.807, 2.05) is 53.9 Å². The van der Waals surface area contributed by atoms with Crippen LogP contribution in [0.15, 0.2) is 95.7 Å². The Hall–Kier alpha value is -3.75. The summed E-state index contributed by atoms with van der Waals surface area (Å²) in [6.45, 7) is 7.81. The van der Waals surface area contributed by atoms with E-state index >= 15 is 0 Å². The molecule has 0 aliphatic heterocycles. The normalized spacial score (nSPS) is 11.4. The number of amides is 1. The number of anilines is 2. The third-order valence-corrected chi connectivity index (χ3v) is 8.45. The van der Waals surface area contributed by atoms with Gasteiger partial charge in [-0.15, -0.1) is 11.3 Å². The maximum atomic E-state index is 13.1. The highest BCUT2D eigenvalue weighted by Crippen LogP contribution is 2.34. The van der Waals surface area contributed by atoms with Crippen LogP contribution in [-0.4, -0.2) is 26.4 Å². The summed E-state index contributed by atoms with van der Waals surface area (Å²) in [5, 5.41) is 2.32. The SMILES string of the molecule is C=CC(=O)N(c1ccc(S(=O)(=O)Cc2ccc(C(C)C)cc2)cc1)c1nc(-c2ccc(OC)cc2)cs1. The van der Waals surface area contributed by atoms with Crippen molar-refractivity contribution in [3.63, 3.8) is 0 Å². The summed E-state index contributed by atoms with van der Waals surface area (Å²) < 4.78 is 31.3. The summed E-state index contributed by atoms with van der Waals surface area (Å²) in [5.41, 5.74) is 3.99. The second-order valence-corrected chi connectivity index (χ2v) is 11.6. The highest BCUT2D eigenvalue weighted by Gasteiger charge is 2.21. The van der Waals surface area contributed by atoms with Crippen LogP contribution in [0.4, 0.5) is 10.8 Å². The van der Waals surface area contributed by atoms with Crippen molar-refractivity contribution >= 4 is 37.9 Å². The zero-order chi connectivity index (χ0) is 26.6. The summed E-state index contributed by atoms with van der Waals surface area (Å²) in [4.78, 5) is 19.0. The minimum absolute atomic E-state index is 0.0995. The molecule has 8 heteroatoms. The Bertz CT molecular complexity index is 1490. The molecule has 0 saturated carbocycles. The number of aromatic nitrogens is 1. The highest BCUT2D eigenvalue weighted by molar-refractivity contribution is 7.90. The Morgan fingerprint density at radius 1 is 1.03 bits per heavy atom. The Morgan fingerprint density at radius 3 is 2.24 bits per heavy atom. The Morgan fingerprint density at radius 2 is 1.68 bits per heavy atom. The van der Waals surface area contributed by atoms with Gasteiger partial charge in [-0.1, -0.05) is 44.7 Å². The van der Waals surface area contributed by atoms with Gasteiger partial charge in [-0.25, -0.2) is 13.4 Å². The van der Waals surface area contributed by atoms with E-state index in [0.717, 1.165) is 22.4 Å². The van der Waals surface area contributed by atoms with Gasteiger partial charge in [-0.05, 0) is 71.7 Å². The lowest BCUT2D eigenvalue weighted by molar-refractivity contribution is -0.113. The van der Waals surface area contributed by atoms with Gasteiger partial charge in [0, 0.05) is 10.9 Å². The molecule has 0 aliphatic rings. The molecule has 0 fully saturated rings. The Labute approximate surface area is 221 Å². The summed E-state index contributed by atoms with van der Waals surface area (Å²) in [7, 11) is -1.96. The minimum Gasteiger partial charge on any atom is -0.497 e. The molecule has 0 spiro atoms. The van der Waals surface area contributed by atoms with E-state index < -0.39 is 9.84 Å². The lowest BCUT2D eigenvalue weighted by Gasteiger charge is -2.18. The van der Waals surface area contributed by atoms with Crippen LogP contribution in [0.3, 0.4) is 0 Å². The van der Waals surface area contributed by atoms with Gasteiger partial charge >= 0.3 is 0 Å². The van der Waals surface area contributed by atoms with Gasteiger partial charge in [0.15, 0.2) is 15.0 Å². The number of thiazole rings is 1. The van der Waals surface area contributed by atoms with Gasteiger partial charge in [0.05, 0.1) is 29.1 Å². The van der Waals surface area contributed by atoms with Gasteiger partial charge in [-0.3, -0.25) is 9.69 Å². The van der Waals surface area contributed by atoms with Crippen molar-refractivity contribution in [1.82, 2.24) is 4.98 Å². The lowest BCUT2D eigenvalue weighted by atomic mass is 10.0. The van der Waals surface area contributed by atoms with E-state index in [2.05, 4.69) is 25.4 Å². The van der Waals surface area contributed by atoms with E-state index in [0.29, 0.717) is 22.4 Å². The van der Waals surface area contributed by atoms with Crippen LogP contribution in [-0.2, 0) is 20.4 Å². The highest BCUT2D eigenvalue weighted by atomic mass is 32.2. The molecule has 0 unspecified atom stereocenters. The van der Waals surface area contributed by atoms with Gasteiger partial charge in [0.2, 0.25) is 0 Å². The van der Waals surface area contributed by atoms with E-state index in [-0.39, 0.29) is 16.6 Å². The van der Waals surface area contributed by atoms with Crippen molar-refractivity contribution < 1.29 is 17.9 Å². The van der Waals surface area contributed by atoms with Crippen molar-refractivity contribution in [2.75, 3.05) is 12.0 Å². The zero-order valence-electron chi connectivity index (χ0n) is 20.9. The summed E-state index contributed by atoms with van der Waals surface area (Å²) in [5.74, 6) is 0.656. The molecule has 0 radical (unpaired) electrons. The van der Waals surface area contributed by atoms with Crippen LogP contribution in [0.2, 0.25) is 0 Å². The standard InChI is InChI=1S/C29H28N2O4S2/c1-5-28(32)31(29-30-27(18-36-29)23-10-14-25(35-4)15-11-23)24-12-16-26(17-13-24)37(33,34)19-21-6-8-22(9-7-21)20(2)3/h5-18,20H,1,19H2,2-4H3. The molecule has 1 heterocycles. The van der Waals surface area contributed by atoms with Crippen molar-refractivity contribution in [2.45, 2.75) is 30.4 Å². The average Bonchev–Trinajstić information content (AvgIpc) is 3.39. The van der Waals surface area contributed by atoms with E-state index in [4.69, 9.17) is 4.74 Å². The molecular weight excluding hydrogens is 504 g/mol. The maximum Gasteiger partial charge on any atom is 0.256 e. The zero-order valence-corrected chi connectivity index (χ0v) is 22.6. The molecular formula is C29H28N2O4S2. The first-order valence-electron chi connectivity index (χ1n) is 11.7. The third kappa shape index (κ3) is 5.98. The number of carbonyl (C=O) groups is 1. The average molecular weight is 533 g/mol. The fraction of sp³-hybridized carbons (Fsp3) is 0.172. The molecule has 0 atom stereocenters. The molecule has 0 N–H and O–H groups in total. The molecule has 4 aromatic rings. The maximum absolute atomic E-state index is 13.1. The summed E-state index contributed by atoms with van der Waals surface area (Å²) >= 11 is 1.31. The molecule has 0 aliphatic carbocycles. The predicted octanol–water partition coefficient (Wildman–Crippen LogP) is 6.77. The third-order valence-electron chi connectivity index (χ3n) is 5.92. The summed E-state index contributed by atoms with van der Waals surface area (Å²) in [6, 6.07) is 21.4. The number of methoxy groups -OCH3 is 1.